The SMILES string of the molecule is CSCc1cc(NC(=O)N[C@@H](C)Cn2cncn2)ccc1Cl. The minimum absolute atomic E-state index is 0.0698. The zero-order chi connectivity index (χ0) is 15.9. The molecule has 0 unspecified atom stereocenters. The van der Waals surface area contributed by atoms with Crippen LogP contribution in [0.4, 0.5) is 10.5 Å². The molecule has 0 aliphatic rings. The molecule has 0 radical (unpaired) electrons. The van der Waals surface area contributed by atoms with E-state index in [1.54, 1.807) is 34.9 Å². The Morgan fingerprint density at radius 1 is 1.50 bits per heavy atom. The third-order valence-electron chi connectivity index (χ3n) is 2.91. The monoisotopic (exact) mass is 339 g/mol. The fourth-order valence-corrected chi connectivity index (χ4v) is 2.78. The van der Waals surface area contributed by atoms with Gasteiger partial charge in [-0.15, -0.1) is 0 Å². The Bertz CT molecular complexity index is 620. The number of nitrogens with zero attached hydrogens (tertiary/aromatic N) is 3. The molecule has 8 heteroatoms. The topological polar surface area (TPSA) is 71.8 Å². The molecule has 2 aromatic rings. The van der Waals surface area contributed by atoms with Crippen molar-refractivity contribution < 1.29 is 4.79 Å². The molecule has 2 N–H and O–H groups in total. The molecule has 22 heavy (non-hydrogen) atoms. The van der Waals surface area contributed by atoms with Crippen LogP contribution in [0.5, 0.6) is 0 Å². The van der Waals surface area contributed by atoms with E-state index in [0.717, 1.165) is 17.0 Å². The molecule has 1 atom stereocenters. The Balaban J connectivity index is 1.90. The number of urea groups is 1. The molecule has 0 bridgehead atoms. The van der Waals surface area contributed by atoms with E-state index in [4.69, 9.17) is 11.6 Å². The lowest BCUT2D eigenvalue weighted by Crippen LogP contribution is -2.38. The van der Waals surface area contributed by atoms with Crippen LogP contribution in [-0.4, -0.2) is 33.1 Å². The first kappa shape index (κ1) is 16.6. The van der Waals surface area contributed by atoms with Gasteiger partial charge in [-0.05, 0) is 36.9 Å². The van der Waals surface area contributed by atoms with Crippen molar-refractivity contribution in [3.05, 3.63) is 41.4 Å². The molecule has 118 valence electrons. The van der Waals surface area contributed by atoms with Gasteiger partial charge in [0, 0.05) is 22.5 Å². The van der Waals surface area contributed by atoms with Gasteiger partial charge in [0.2, 0.25) is 0 Å². The molecule has 1 aromatic carbocycles. The van der Waals surface area contributed by atoms with Gasteiger partial charge in [-0.2, -0.15) is 16.9 Å². The summed E-state index contributed by atoms with van der Waals surface area (Å²) in [5.74, 6) is 0.804. The Hall–Kier alpha value is -1.73. The van der Waals surface area contributed by atoms with Crippen molar-refractivity contribution in [1.29, 1.82) is 0 Å². The molecule has 1 heterocycles. The molecule has 2 amide bonds. The second kappa shape index (κ2) is 8.05. The number of hydrogen-bond acceptors (Lipinski definition) is 4. The van der Waals surface area contributed by atoms with E-state index in [1.165, 1.54) is 6.33 Å². The van der Waals surface area contributed by atoms with Crippen LogP contribution in [0, 0.1) is 0 Å². The normalized spacial score (nSPS) is 12.0. The van der Waals surface area contributed by atoms with Gasteiger partial charge in [0.1, 0.15) is 12.7 Å². The van der Waals surface area contributed by atoms with Gasteiger partial charge in [0.25, 0.3) is 0 Å². The number of thioether (sulfide) groups is 1. The van der Waals surface area contributed by atoms with Gasteiger partial charge >= 0.3 is 6.03 Å². The molecular formula is C14H18ClN5OS. The van der Waals surface area contributed by atoms with Gasteiger partial charge in [-0.3, -0.25) is 4.68 Å². The average Bonchev–Trinajstić information content (AvgIpc) is 2.95. The highest BCUT2D eigenvalue weighted by atomic mass is 35.5. The predicted molar refractivity (Wildman–Crippen MR) is 90.3 cm³/mol. The van der Waals surface area contributed by atoms with Crippen LogP contribution < -0.4 is 10.6 Å². The molecule has 0 saturated heterocycles. The number of carbonyl (C=O) groups excluding carboxylic acids is 1. The molecule has 1 aromatic heterocycles. The Morgan fingerprint density at radius 3 is 3.00 bits per heavy atom. The summed E-state index contributed by atoms with van der Waals surface area (Å²) >= 11 is 7.80. The lowest BCUT2D eigenvalue weighted by atomic mass is 10.2. The lowest BCUT2D eigenvalue weighted by Gasteiger charge is -2.15. The summed E-state index contributed by atoms with van der Waals surface area (Å²) in [4.78, 5) is 15.9. The molecule has 0 spiro atoms. The molecular weight excluding hydrogens is 322 g/mol. The highest BCUT2D eigenvalue weighted by Gasteiger charge is 2.09. The van der Waals surface area contributed by atoms with Gasteiger partial charge in [0.15, 0.2) is 0 Å². The first-order valence-corrected chi connectivity index (χ1v) is 8.53. The molecule has 2 rings (SSSR count). The number of amides is 2. The van der Waals surface area contributed by atoms with E-state index < -0.39 is 0 Å². The van der Waals surface area contributed by atoms with Crippen LogP contribution in [-0.2, 0) is 12.3 Å². The van der Waals surface area contributed by atoms with Crippen molar-refractivity contribution in [3.63, 3.8) is 0 Å². The molecule has 0 fully saturated rings. The van der Waals surface area contributed by atoms with Crippen LogP contribution in [0.15, 0.2) is 30.9 Å². The standard InChI is InChI=1S/C14H18ClN5OS/c1-10(6-20-9-16-8-17-20)18-14(21)19-12-3-4-13(15)11(5-12)7-22-2/h3-5,8-10H,6-7H2,1-2H3,(H2,18,19,21)/t10-/m0/s1. The van der Waals surface area contributed by atoms with Crippen molar-refractivity contribution >= 4 is 35.1 Å². The minimum Gasteiger partial charge on any atom is -0.334 e. The van der Waals surface area contributed by atoms with Crippen LogP contribution in [0.25, 0.3) is 0 Å². The molecule has 6 nitrogen and oxygen atoms in total. The Kier molecular flexibility index (Phi) is 6.09. The third-order valence-corrected chi connectivity index (χ3v) is 3.88. The number of benzene rings is 1. The van der Waals surface area contributed by atoms with Crippen LogP contribution in [0.3, 0.4) is 0 Å². The van der Waals surface area contributed by atoms with Crippen LogP contribution in [0.2, 0.25) is 5.02 Å². The summed E-state index contributed by atoms with van der Waals surface area (Å²) in [6.45, 7) is 2.47. The number of aromatic nitrogens is 3. The first-order chi connectivity index (χ1) is 10.6. The second-order valence-corrected chi connectivity index (χ2v) is 6.13. The molecule has 0 saturated carbocycles. The minimum atomic E-state index is -0.259. The van der Waals surface area contributed by atoms with Gasteiger partial charge < -0.3 is 10.6 Å². The number of hydrogen-bond donors (Lipinski definition) is 2. The fraction of sp³-hybridized carbons (Fsp3) is 0.357. The lowest BCUT2D eigenvalue weighted by molar-refractivity contribution is 0.247. The van der Waals surface area contributed by atoms with E-state index in [1.807, 2.05) is 19.2 Å². The summed E-state index contributed by atoms with van der Waals surface area (Å²) in [5, 5.41) is 10.4. The van der Waals surface area contributed by atoms with Gasteiger partial charge in [-0.1, -0.05) is 11.6 Å². The van der Waals surface area contributed by atoms with E-state index in [9.17, 15) is 4.79 Å². The maximum atomic E-state index is 12.0. The van der Waals surface area contributed by atoms with Crippen molar-refractivity contribution in [2.75, 3.05) is 11.6 Å². The Morgan fingerprint density at radius 2 is 2.32 bits per heavy atom. The Labute approximate surface area is 138 Å². The maximum absolute atomic E-state index is 12.0. The molecule has 0 aliphatic carbocycles. The predicted octanol–water partition coefficient (Wildman–Crippen LogP) is 3.00. The molecule has 0 aliphatic heterocycles. The number of rotatable bonds is 6. The van der Waals surface area contributed by atoms with Crippen molar-refractivity contribution in [2.24, 2.45) is 0 Å². The summed E-state index contributed by atoms with van der Waals surface area (Å²) in [7, 11) is 0. The second-order valence-electron chi connectivity index (χ2n) is 4.86. The largest absolute Gasteiger partial charge is 0.334 e. The maximum Gasteiger partial charge on any atom is 0.319 e. The zero-order valence-corrected chi connectivity index (χ0v) is 14.0. The van der Waals surface area contributed by atoms with Crippen molar-refractivity contribution in [1.82, 2.24) is 20.1 Å². The van der Waals surface area contributed by atoms with E-state index in [0.29, 0.717) is 11.6 Å². The smallest absolute Gasteiger partial charge is 0.319 e. The first-order valence-electron chi connectivity index (χ1n) is 6.75. The van der Waals surface area contributed by atoms with Gasteiger partial charge in [0.05, 0.1) is 6.54 Å². The quantitative estimate of drug-likeness (QED) is 0.848. The fourth-order valence-electron chi connectivity index (χ4n) is 1.96. The summed E-state index contributed by atoms with van der Waals surface area (Å²) in [6, 6.07) is 5.14. The number of nitrogens with one attached hydrogen (secondary N) is 2. The zero-order valence-electron chi connectivity index (χ0n) is 12.4. The third kappa shape index (κ3) is 4.92. The summed E-state index contributed by atoms with van der Waals surface area (Å²) in [5.41, 5.74) is 1.72. The van der Waals surface area contributed by atoms with Crippen LogP contribution >= 0.6 is 23.4 Å². The van der Waals surface area contributed by atoms with E-state index in [2.05, 4.69) is 20.7 Å². The number of halogens is 1. The van der Waals surface area contributed by atoms with Crippen LogP contribution in [0.1, 0.15) is 12.5 Å². The van der Waals surface area contributed by atoms with E-state index in [-0.39, 0.29) is 12.1 Å². The highest BCUT2D eigenvalue weighted by Crippen LogP contribution is 2.23. The van der Waals surface area contributed by atoms with E-state index >= 15 is 0 Å². The number of anilines is 1. The van der Waals surface area contributed by atoms with Gasteiger partial charge in [-0.25, -0.2) is 9.78 Å². The highest BCUT2D eigenvalue weighted by molar-refractivity contribution is 7.97. The number of carbonyl (C=O) groups is 1. The van der Waals surface area contributed by atoms with Crippen molar-refractivity contribution in [2.45, 2.75) is 25.3 Å². The average molecular weight is 340 g/mol. The van der Waals surface area contributed by atoms with Crippen molar-refractivity contribution in [3.8, 4) is 0 Å². The summed E-state index contributed by atoms with van der Waals surface area (Å²) in [6.07, 6.45) is 5.09. The summed E-state index contributed by atoms with van der Waals surface area (Å²) < 4.78 is 1.67.